The maximum absolute atomic E-state index is 6.26. The van der Waals surface area contributed by atoms with Crippen LogP contribution in [-0.4, -0.2) is 6.04 Å². The van der Waals surface area contributed by atoms with Gasteiger partial charge in [0.05, 0.1) is 10.0 Å². The van der Waals surface area contributed by atoms with Crippen molar-refractivity contribution in [1.29, 1.82) is 0 Å². The van der Waals surface area contributed by atoms with E-state index in [1.165, 1.54) is 25.7 Å². The molecule has 1 aliphatic carbocycles. The Kier molecular flexibility index (Phi) is 4.94. The summed E-state index contributed by atoms with van der Waals surface area (Å²) in [5.74, 6) is 0.811. The summed E-state index contributed by atoms with van der Waals surface area (Å²) in [7, 11) is 0. The summed E-state index contributed by atoms with van der Waals surface area (Å²) in [5, 5.41) is 4.98. The number of hydrogen-bond donors (Lipinski definition) is 1. The predicted molar refractivity (Wildman–Crippen MR) is 79.4 cm³/mol. The molecule has 1 unspecified atom stereocenters. The monoisotopic (exact) mass is 285 g/mol. The fourth-order valence-electron chi connectivity index (χ4n) is 2.93. The van der Waals surface area contributed by atoms with Crippen molar-refractivity contribution >= 4 is 23.2 Å². The molecule has 1 aromatic carbocycles. The van der Waals surface area contributed by atoms with E-state index < -0.39 is 0 Å². The molecular formula is C15H21Cl2N. The van der Waals surface area contributed by atoms with Gasteiger partial charge in [-0.25, -0.2) is 0 Å². The third-order valence-corrected chi connectivity index (χ3v) is 4.90. The first-order valence-corrected chi connectivity index (χ1v) is 7.55. The maximum Gasteiger partial charge on any atom is 0.0639 e. The van der Waals surface area contributed by atoms with E-state index in [2.05, 4.69) is 19.2 Å². The lowest BCUT2D eigenvalue weighted by molar-refractivity contribution is 0.352. The molecule has 1 fully saturated rings. The zero-order chi connectivity index (χ0) is 13.1. The fourth-order valence-corrected chi connectivity index (χ4v) is 3.40. The molecule has 1 saturated carbocycles. The number of nitrogens with one attached hydrogen (secondary N) is 1. The van der Waals surface area contributed by atoms with Crippen LogP contribution >= 0.6 is 23.2 Å². The van der Waals surface area contributed by atoms with Gasteiger partial charge in [-0.05, 0) is 44.2 Å². The van der Waals surface area contributed by atoms with Gasteiger partial charge in [0, 0.05) is 12.1 Å². The lowest BCUT2D eigenvalue weighted by Gasteiger charge is -2.25. The molecule has 2 atom stereocenters. The molecule has 0 saturated heterocycles. The molecular weight excluding hydrogens is 265 g/mol. The third kappa shape index (κ3) is 3.20. The van der Waals surface area contributed by atoms with E-state index >= 15 is 0 Å². The number of benzene rings is 1. The van der Waals surface area contributed by atoms with Gasteiger partial charge in [-0.1, -0.05) is 48.2 Å². The van der Waals surface area contributed by atoms with Crippen LogP contribution in [0.2, 0.25) is 10.0 Å². The van der Waals surface area contributed by atoms with E-state index in [-0.39, 0.29) is 6.04 Å². The quantitative estimate of drug-likeness (QED) is 0.799. The van der Waals surface area contributed by atoms with Crippen LogP contribution in [0.4, 0.5) is 0 Å². The topological polar surface area (TPSA) is 12.0 Å². The lowest BCUT2D eigenvalue weighted by atomic mass is 9.98. The van der Waals surface area contributed by atoms with Crippen LogP contribution in [-0.2, 0) is 0 Å². The molecule has 0 bridgehead atoms. The molecule has 100 valence electrons. The SMILES string of the molecule is CC(N[C@H](C)C1CCCC1)c1cccc(Cl)c1Cl. The zero-order valence-electron chi connectivity index (χ0n) is 11.0. The molecule has 0 amide bonds. The first-order chi connectivity index (χ1) is 8.59. The molecule has 1 aliphatic rings. The summed E-state index contributed by atoms with van der Waals surface area (Å²) in [4.78, 5) is 0. The summed E-state index contributed by atoms with van der Waals surface area (Å²) < 4.78 is 0. The van der Waals surface area contributed by atoms with E-state index in [1.807, 2.05) is 18.2 Å². The second-order valence-electron chi connectivity index (χ2n) is 5.36. The summed E-state index contributed by atoms with van der Waals surface area (Å²) in [6.45, 7) is 4.44. The van der Waals surface area contributed by atoms with Crippen molar-refractivity contribution in [1.82, 2.24) is 5.32 Å². The van der Waals surface area contributed by atoms with Crippen LogP contribution in [0.3, 0.4) is 0 Å². The summed E-state index contributed by atoms with van der Waals surface area (Å²) in [6, 6.07) is 6.62. The maximum atomic E-state index is 6.26. The van der Waals surface area contributed by atoms with E-state index in [4.69, 9.17) is 23.2 Å². The Morgan fingerprint density at radius 1 is 1.17 bits per heavy atom. The summed E-state index contributed by atoms with van der Waals surface area (Å²) in [5.41, 5.74) is 1.09. The van der Waals surface area contributed by atoms with Gasteiger partial charge in [0.1, 0.15) is 0 Å². The Hall–Kier alpha value is -0.240. The highest BCUT2D eigenvalue weighted by Crippen LogP contribution is 2.32. The largest absolute Gasteiger partial charge is 0.307 e. The van der Waals surface area contributed by atoms with Crippen LogP contribution in [0, 0.1) is 5.92 Å². The van der Waals surface area contributed by atoms with Crippen molar-refractivity contribution in [2.75, 3.05) is 0 Å². The van der Waals surface area contributed by atoms with Gasteiger partial charge >= 0.3 is 0 Å². The normalized spacial score (nSPS) is 20.0. The highest BCUT2D eigenvalue weighted by Gasteiger charge is 2.23. The molecule has 0 heterocycles. The molecule has 1 nitrogen and oxygen atoms in total. The van der Waals surface area contributed by atoms with E-state index in [0.29, 0.717) is 16.1 Å². The van der Waals surface area contributed by atoms with E-state index in [0.717, 1.165) is 11.5 Å². The average Bonchev–Trinajstić information content (AvgIpc) is 2.86. The smallest absolute Gasteiger partial charge is 0.0639 e. The van der Waals surface area contributed by atoms with Gasteiger partial charge in [0.15, 0.2) is 0 Å². The first-order valence-electron chi connectivity index (χ1n) is 6.79. The molecule has 1 N–H and O–H groups in total. The van der Waals surface area contributed by atoms with Crippen molar-refractivity contribution < 1.29 is 0 Å². The summed E-state index contributed by atoms with van der Waals surface area (Å²) >= 11 is 12.3. The van der Waals surface area contributed by atoms with Gasteiger partial charge in [0.25, 0.3) is 0 Å². The molecule has 18 heavy (non-hydrogen) atoms. The van der Waals surface area contributed by atoms with Gasteiger partial charge in [-0.15, -0.1) is 0 Å². The van der Waals surface area contributed by atoms with Crippen molar-refractivity contribution in [3.05, 3.63) is 33.8 Å². The number of halogens is 2. The average molecular weight is 286 g/mol. The Labute approximate surface area is 120 Å². The van der Waals surface area contributed by atoms with Crippen molar-refractivity contribution in [3.63, 3.8) is 0 Å². The highest BCUT2D eigenvalue weighted by molar-refractivity contribution is 6.42. The Bertz CT molecular complexity index is 399. The molecule has 1 aromatic rings. The van der Waals surface area contributed by atoms with Crippen LogP contribution in [0.5, 0.6) is 0 Å². The van der Waals surface area contributed by atoms with E-state index in [1.54, 1.807) is 0 Å². The second-order valence-corrected chi connectivity index (χ2v) is 6.15. The predicted octanol–water partition coefficient (Wildman–Crippen LogP) is 5.22. The van der Waals surface area contributed by atoms with Gasteiger partial charge < -0.3 is 5.32 Å². The lowest BCUT2D eigenvalue weighted by Crippen LogP contribution is -2.34. The standard InChI is InChI=1S/C15H21Cl2N/c1-10(12-6-3-4-7-12)18-11(2)13-8-5-9-14(16)15(13)17/h5,8-12,18H,3-4,6-7H2,1-2H3/t10-,11?/m1/s1. The molecule has 0 spiro atoms. The van der Waals surface area contributed by atoms with Crippen molar-refractivity contribution in [3.8, 4) is 0 Å². The van der Waals surface area contributed by atoms with E-state index in [9.17, 15) is 0 Å². The van der Waals surface area contributed by atoms with Gasteiger partial charge in [-0.3, -0.25) is 0 Å². The van der Waals surface area contributed by atoms with Crippen LogP contribution in [0.15, 0.2) is 18.2 Å². The second kappa shape index (κ2) is 6.27. The van der Waals surface area contributed by atoms with Gasteiger partial charge in [0.2, 0.25) is 0 Å². The molecule has 0 aliphatic heterocycles. The number of rotatable bonds is 4. The minimum atomic E-state index is 0.242. The Morgan fingerprint density at radius 2 is 1.83 bits per heavy atom. The molecule has 3 heteroatoms. The Morgan fingerprint density at radius 3 is 2.50 bits per heavy atom. The van der Waals surface area contributed by atoms with Crippen molar-refractivity contribution in [2.45, 2.75) is 51.6 Å². The Balaban J connectivity index is 2.02. The summed E-state index contributed by atoms with van der Waals surface area (Å²) in [6.07, 6.45) is 5.46. The minimum absolute atomic E-state index is 0.242. The molecule has 0 aromatic heterocycles. The first kappa shape index (κ1) is 14.2. The van der Waals surface area contributed by atoms with Crippen LogP contribution in [0.25, 0.3) is 0 Å². The zero-order valence-corrected chi connectivity index (χ0v) is 12.6. The highest BCUT2D eigenvalue weighted by atomic mass is 35.5. The number of hydrogen-bond acceptors (Lipinski definition) is 1. The van der Waals surface area contributed by atoms with Crippen molar-refractivity contribution in [2.24, 2.45) is 5.92 Å². The molecule has 0 radical (unpaired) electrons. The van der Waals surface area contributed by atoms with Crippen LogP contribution < -0.4 is 5.32 Å². The molecule has 2 rings (SSSR count). The van der Waals surface area contributed by atoms with Crippen LogP contribution in [0.1, 0.15) is 51.1 Å². The van der Waals surface area contributed by atoms with Gasteiger partial charge in [-0.2, -0.15) is 0 Å². The third-order valence-electron chi connectivity index (χ3n) is 4.07. The minimum Gasteiger partial charge on any atom is -0.307 e. The fraction of sp³-hybridized carbons (Fsp3) is 0.600.